The van der Waals surface area contributed by atoms with Crippen LogP contribution in [-0.2, 0) is 16.1 Å². The van der Waals surface area contributed by atoms with Gasteiger partial charge in [-0.05, 0) is 43.0 Å². The van der Waals surface area contributed by atoms with Gasteiger partial charge in [0, 0.05) is 23.1 Å². The predicted octanol–water partition coefficient (Wildman–Crippen LogP) is 4.70. The number of non-ortho nitro benzene ring substituents is 1. The Morgan fingerprint density at radius 3 is 2.73 bits per heavy atom. The Bertz CT molecular complexity index is 1200. The van der Waals surface area contributed by atoms with Crippen molar-refractivity contribution in [2.75, 3.05) is 12.0 Å². The van der Waals surface area contributed by atoms with Gasteiger partial charge in [0.05, 0.1) is 21.2 Å². The maximum Gasteiger partial charge on any atom is 0.329 e. The van der Waals surface area contributed by atoms with Crippen molar-refractivity contribution in [1.29, 1.82) is 0 Å². The maximum atomic E-state index is 12.8. The molecular weight excluding hydrogens is 466 g/mol. The van der Waals surface area contributed by atoms with Crippen molar-refractivity contribution < 1.29 is 19.2 Å². The van der Waals surface area contributed by atoms with Crippen LogP contribution in [0.3, 0.4) is 0 Å². The molecule has 1 unspecified atom stereocenters. The lowest BCUT2D eigenvalue weighted by atomic mass is 10.1. The van der Waals surface area contributed by atoms with Crippen molar-refractivity contribution in [3.05, 3.63) is 80.5 Å². The molecule has 0 bridgehead atoms. The van der Waals surface area contributed by atoms with Gasteiger partial charge in [0.15, 0.2) is 0 Å². The zero-order chi connectivity index (χ0) is 24.0. The number of benzene rings is 2. The number of halogens is 1. The largest absolute Gasteiger partial charge is 0.458 e. The Morgan fingerprint density at radius 1 is 1.24 bits per heavy atom. The average molecular weight is 488 g/mol. The highest BCUT2D eigenvalue weighted by Gasteiger charge is 2.24. The first kappa shape index (κ1) is 24.5. The van der Waals surface area contributed by atoms with Crippen molar-refractivity contribution in [2.45, 2.75) is 26.0 Å². The van der Waals surface area contributed by atoms with Crippen molar-refractivity contribution in [3.8, 4) is 0 Å². The topological polar surface area (TPSA) is 111 Å². The molecule has 3 rings (SSSR count). The van der Waals surface area contributed by atoms with Crippen LogP contribution in [0.15, 0.2) is 48.5 Å². The van der Waals surface area contributed by atoms with Crippen molar-refractivity contribution in [2.24, 2.45) is 0 Å². The third-order valence-electron chi connectivity index (χ3n) is 5.02. The van der Waals surface area contributed by atoms with Crippen LogP contribution in [-0.4, -0.2) is 39.8 Å². The van der Waals surface area contributed by atoms with Gasteiger partial charge in [-0.25, -0.2) is 9.78 Å². The first-order chi connectivity index (χ1) is 15.8. The monoisotopic (exact) mass is 487 g/mol. The minimum atomic E-state index is -0.926. The van der Waals surface area contributed by atoms with Gasteiger partial charge in [-0.3, -0.25) is 14.9 Å². The number of para-hydroxylation sites is 1. The molecule has 0 aliphatic carbocycles. The highest BCUT2D eigenvalue weighted by atomic mass is 35.5. The highest BCUT2D eigenvalue weighted by Crippen LogP contribution is 2.27. The van der Waals surface area contributed by atoms with Crippen molar-refractivity contribution >= 4 is 51.8 Å². The number of nitro groups is 1. The molecule has 0 saturated carbocycles. The number of thioether (sulfide) groups is 1. The van der Waals surface area contributed by atoms with Crippen LogP contribution in [0.4, 0.5) is 5.69 Å². The molecule has 3 aromatic rings. The molecular formula is C23H22ClN3O5S. The van der Waals surface area contributed by atoms with Gasteiger partial charge in [0.2, 0.25) is 0 Å². The normalized spacial score (nSPS) is 11.7. The molecule has 33 heavy (non-hydrogen) atoms. The average Bonchev–Trinajstić information content (AvgIpc) is 2.82. The summed E-state index contributed by atoms with van der Waals surface area (Å²) in [5.41, 5.74) is 1.88. The number of carbonyl (C=O) groups excluding carboxylic acids is 2. The molecule has 0 spiro atoms. The number of nitrogens with one attached hydrogen (secondary N) is 1. The number of aryl methyl sites for hydroxylation is 1. The quantitative estimate of drug-likeness (QED) is 0.264. The molecule has 1 heterocycles. The van der Waals surface area contributed by atoms with Crippen LogP contribution in [0.5, 0.6) is 0 Å². The van der Waals surface area contributed by atoms with E-state index in [0.717, 1.165) is 22.5 Å². The summed E-state index contributed by atoms with van der Waals surface area (Å²) in [5, 5.41) is 14.9. The lowest BCUT2D eigenvalue weighted by Crippen LogP contribution is -2.42. The third-order valence-corrected chi connectivity index (χ3v) is 6.16. The van der Waals surface area contributed by atoms with Gasteiger partial charge >= 0.3 is 5.97 Å². The molecule has 0 aliphatic heterocycles. The Hall–Kier alpha value is -3.17. The first-order valence-electron chi connectivity index (χ1n) is 10.1. The zero-order valence-electron chi connectivity index (χ0n) is 18.0. The molecule has 0 saturated heterocycles. The van der Waals surface area contributed by atoms with Crippen LogP contribution in [0, 0.1) is 17.0 Å². The number of amides is 1. The van der Waals surface area contributed by atoms with Gasteiger partial charge in [0.1, 0.15) is 12.6 Å². The minimum Gasteiger partial charge on any atom is -0.458 e. The third kappa shape index (κ3) is 6.00. The fourth-order valence-electron chi connectivity index (χ4n) is 3.24. The number of nitro benzene ring substituents is 1. The van der Waals surface area contributed by atoms with Crippen LogP contribution in [0.1, 0.15) is 28.0 Å². The highest BCUT2D eigenvalue weighted by molar-refractivity contribution is 7.98. The Kier molecular flexibility index (Phi) is 8.24. The number of hydrogen-bond donors (Lipinski definition) is 1. The number of carbonyl (C=O) groups is 2. The number of nitrogens with zero attached hydrogens (tertiary/aromatic N) is 2. The van der Waals surface area contributed by atoms with E-state index in [1.54, 1.807) is 0 Å². The summed E-state index contributed by atoms with van der Waals surface area (Å²) in [6.45, 7) is 1.73. The van der Waals surface area contributed by atoms with Crippen LogP contribution in [0.25, 0.3) is 10.9 Å². The summed E-state index contributed by atoms with van der Waals surface area (Å²) in [6.07, 6.45) is 2.21. The number of aromatic nitrogens is 1. The van der Waals surface area contributed by atoms with E-state index >= 15 is 0 Å². The van der Waals surface area contributed by atoms with E-state index in [-0.39, 0.29) is 17.9 Å². The van der Waals surface area contributed by atoms with Gasteiger partial charge < -0.3 is 10.1 Å². The van der Waals surface area contributed by atoms with Gasteiger partial charge in [-0.1, -0.05) is 35.9 Å². The summed E-state index contributed by atoms with van der Waals surface area (Å²) >= 11 is 7.96. The minimum absolute atomic E-state index is 0.0843. The molecule has 0 fully saturated rings. The summed E-state index contributed by atoms with van der Waals surface area (Å²) in [5.74, 6) is -0.630. The fourth-order valence-corrected chi connectivity index (χ4v) is 3.91. The van der Waals surface area contributed by atoms with E-state index in [1.165, 1.54) is 30.0 Å². The second kappa shape index (κ2) is 11.1. The molecule has 10 heteroatoms. The molecule has 2 aromatic carbocycles. The standard InChI is InChI=1S/C23H22ClN3O5S/c1-14-17-8-3-4-9-18(17)25-20(21(14)24)13-32-23(29)19(10-11-33-2)26-22(28)15-6-5-7-16(12-15)27(30)31/h3-9,12,19H,10-11,13H2,1-2H3,(H,26,28). The first-order valence-corrected chi connectivity index (χ1v) is 11.8. The van der Waals surface area contributed by atoms with Crippen LogP contribution >= 0.6 is 23.4 Å². The summed E-state index contributed by atoms with van der Waals surface area (Å²) < 4.78 is 5.45. The summed E-state index contributed by atoms with van der Waals surface area (Å²) in [7, 11) is 0. The molecule has 0 aliphatic rings. The van der Waals surface area contributed by atoms with Gasteiger partial charge in [-0.2, -0.15) is 11.8 Å². The zero-order valence-corrected chi connectivity index (χ0v) is 19.6. The number of hydrogen-bond acceptors (Lipinski definition) is 7. The molecule has 0 radical (unpaired) electrons. The molecule has 1 amide bonds. The molecule has 172 valence electrons. The number of ether oxygens (including phenoxy) is 1. The number of rotatable bonds is 9. The van der Waals surface area contributed by atoms with E-state index in [9.17, 15) is 19.7 Å². The molecule has 1 N–H and O–H groups in total. The van der Waals surface area contributed by atoms with E-state index in [4.69, 9.17) is 16.3 Å². The van der Waals surface area contributed by atoms with Crippen LogP contribution < -0.4 is 5.32 Å². The second-order valence-corrected chi connectivity index (χ2v) is 8.60. The van der Waals surface area contributed by atoms with E-state index in [2.05, 4.69) is 10.3 Å². The van der Waals surface area contributed by atoms with E-state index in [1.807, 2.05) is 37.4 Å². The Balaban J connectivity index is 1.74. The number of pyridine rings is 1. The predicted molar refractivity (Wildman–Crippen MR) is 129 cm³/mol. The van der Waals surface area contributed by atoms with Crippen molar-refractivity contribution in [3.63, 3.8) is 0 Å². The summed E-state index contributed by atoms with van der Waals surface area (Å²) in [6, 6.07) is 11.9. The second-order valence-electron chi connectivity index (χ2n) is 7.24. The lowest BCUT2D eigenvalue weighted by Gasteiger charge is -2.18. The van der Waals surface area contributed by atoms with Crippen LogP contribution in [0.2, 0.25) is 5.02 Å². The summed E-state index contributed by atoms with van der Waals surface area (Å²) in [4.78, 5) is 40.3. The van der Waals surface area contributed by atoms with Crippen molar-refractivity contribution in [1.82, 2.24) is 10.3 Å². The number of esters is 1. The molecule has 8 nitrogen and oxygen atoms in total. The van der Waals surface area contributed by atoms with Gasteiger partial charge in [-0.15, -0.1) is 0 Å². The lowest BCUT2D eigenvalue weighted by molar-refractivity contribution is -0.384. The Labute approximate surface area is 199 Å². The smallest absolute Gasteiger partial charge is 0.329 e. The number of fused-ring (bicyclic) bond motifs is 1. The van der Waals surface area contributed by atoms with E-state index < -0.39 is 22.8 Å². The molecule has 1 aromatic heterocycles. The SMILES string of the molecule is CSCCC(NC(=O)c1cccc([N+](=O)[O-])c1)C(=O)OCc1nc2ccccc2c(C)c1Cl. The van der Waals surface area contributed by atoms with Gasteiger partial charge in [0.25, 0.3) is 11.6 Å². The maximum absolute atomic E-state index is 12.8. The Morgan fingerprint density at radius 2 is 2.00 bits per heavy atom. The fraction of sp³-hybridized carbons (Fsp3) is 0.261. The van der Waals surface area contributed by atoms with E-state index in [0.29, 0.717) is 22.9 Å². The molecule has 1 atom stereocenters.